The molecule has 0 saturated carbocycles. The van der Waals surface area contributed by atoms with Crippen LogP contribution >= 0.6 is 0 Å². The zero-order chi connectivity index (χ0) is 19.3. The van der Waals surface area contributed by atoms with Crippen LogP contribution in [0.2, 0.25) is 0 Å². The lowest BCUT2D eigenvalue weighted by Crippen LogP contribution is -2.15. The maximum atomic E-state index is 11.0. The highest BCUT2D eigenvalue weighted by atomic mass is 16.5. The second-order valence-corrected chi connectivity index (χ2v) is 4.63. The molecule has 136 valence electrons. The van der Waals surface area contributed by atoms with Gasteiger partial charge in [-0.2, -0.15) is 0 Å². The molecule has 0 fully saturated rings. The van der Waals surface area contributed by atoms with Gasteiger partial charge in [0.2, 0.25) is 0 Å². The van der Waals surface area contributed by atoms with Crippen molar-refractivity contribution in [2.45, 2.75) is 41.5 Å². The summed E-state index contributed by atoms with van der Waals surface area (Å²) in [6, 6.07) is 5.00. The number of aromatic nitrogens is 2. The molecular formula is C19H32N2O3. The van der Waals surface area contributed by atoms with E-state index in [4.69, 9.17) is 4.74 Å². The first-order valence-electron chi connectivity index (χ1n) is 8.19. The molecule has 2 rings (SSSR count). The monoisotopic (exact) mass is 336 g/mol. The number of hydrogen-bond donors (Lipinski definition) is 0. The van der Waals surface area contributed by atoms with E-state index >= 15 is 0 Å². The zero-order valence-electron chi connectivity index (χ0n) is 16.5. The lowest BCUT2D eigenvalue weighted by Gasteiger charge is -2.04. The number of nitrogens with zero attached hydrogens (tertiary/aromatic N) is 2. The van der Waals surface area contributed by atoms with E-state index in [0.717, 1.165) is 11.1 Å². The minimum atomic E-state index is -0.0487. The van der Waals surface area contributed by atoms with E-state index in [1.165, 1.54) is 10.6 Å². The van der Waals surface area contributed by atoms with Crippen molar-refractivity contribution in [3.05, 3.63) is 62.4 Å². The fourth-order valence-electron chi connectivity index (χ4n) is 1.61. The Morgan fingerprint density at radius 3 is 1.79 bits per heavy atom. The highest BCUT2D eigenvalue weighted by Crippen LogP contribution is 2.11. The van der Waals surface area contributed by atoms with Crippen molar-refractivity contribution < 1.29 is 4.74 Å². The summed E-state index contributed by atoms with van der Waals surface area (Å²) in [6.45, 7) is 11.8. The quantitative estimate of drug-likeness (QED) is 0.801. The minimum Gasteiger partial charge on any atom is -0.496 e. The third-order valence-electron chi connectivity index (χ3n) is 2.86. The third kappa shape index (κ3) is 8.36. The van der Waals surface area contributed by atoms with E-state index in [1.807, 2.05) is 47.6 Å². The molecule has 0 saturated heterocycles. The van der Waals surface area contributed by atoms with Crippen LogP contribution in [-0.4, -0.2) is 16.2 Å². The Balaban J connectivity index is 0. The van der Waals surface area contributed by atoms with Crippen LogP contribution in [0.25, 0.3) is 0 Å². The average molecular weight is 336 g/mol. The van der Waals surface area contributed by atoms with Crippen LogP contribution in [0.5, 0.6) is 5.75 Å². The van der Waals surface area contributed by atoms with Crippen molar-refractivity contribution in [1.82, 2.24) is 9.13 Å². The smallest absolute Gasteiger partial charge is 0.253 e. The number of pyridine rings is 2. The number of hydrogen-bond acceptors (Lipinski definition) is 3. The van der Waals surface area contributed by atoms with E-state index in [1.54, 1.807) is 44.2 Å². The lowest BCUT2D eigenvalue weighted by molar-refractivity contribution is 0.409. The van der Waals surface area contributed by atoms with E-state index < -0.39 is 0 Å². The van der Waals surface area contributed by atoms with Crippen molar-refractivity contribution in [2.24, 2.45) is 14.1 Å². The second kappa shape index (κ2) is 13.2. The normalized spacial score (nSPS) is 8.54. The first-order chi connectivity index (χ1) is 11.3. The van der Waals surface area contributed by atoms with E-state index in [2.05, 4.69) is 0 Å². The predicted molar refractivity (Wildman–Crippen MR) is 102 cm³/mol. The summed E-state index contributed by atoms with van der Waals surface area (Å²) >= 11 is 0. The van der Waals surface area contributed by atoms with Gasteiger partial charge >= 0.3 is 0 Å². The van der Waals surface area contributed by atoms with Gasteiger partial charge in [0.05, 0.1) is 7.11 Å². The Morgan fingerprint density at radius 2 is 1.38 bits per heavy atom. The molecule has 0 aliphatic heterocycles. The van der Waals surface area contributed by atoms with Crippen molar-refractivity contribution in [3.63, 3.8) is 0 Å². The van der Waals surface area contributed by atoms with Gasteiger partial charge in [0, 0.05) is 44.2 Å². The topological polar surface area (TPSA) is 53.2 Å². The molecule has 0 unspecified atom stereocenters. The zero-order valence-corrected chi connectivity index (χ0v) is 16.5. The summed E-state index contributed by atoms with van der Waals surface area (Å²) in [5.41, 5.74) is 1.98. The molecule has 0 radical (unpaired) electrons. The molecule has 0 amide bonds. The predicted octanol–water partition coefficient (Wildman–Crippen LogP) is 3.45. The standard InChI is InChI=1S/C8H11NO2.C7H9NO.2C2H6/c1-6-5-9(2)8(10)4-7(6)11-3;1-6-3-4-8(2)7(9)5-6;2*1-2/h4-5H,1-3H3;3-5H,1-2H3;2*1-2H3. The van der Waals surface area contributed by atoms with Crippen molar-refractivity contribution in [2.75, 3.05) is 7.11 Å². The van der Waals surface area contributed by atoms with Gasteiger partial charge < -0.3 is 13.9 Å². The third-order valence-corrected chi connectivity index (χ3v) is 2.86. The Morgan fingerprint density at radius 1 is 0.875 bits per heavy atom. The summed E-state index contributed by atoms with van der Waals surface area (Å²) in [7, 11) is 5.01. The summed E-state index contributed by atoms with van der Waals surface area (Å²) in [5, 5.41) is 0. The van der Waals surface area contributed by atoms with Gasteiger partial charge in [-0.25, -0.2) is 0 Å². The van der Waals surface area contributed by atoms with Crippen LogP contribution in [0, 0.1) is 13.8 Å². The fourth-order valence-corrected chi connectivity index (χ4v) is 1.61. The molecular weight excluding hydrogens is 304 g/mol. The first kappa shape index (κ1) is 24.0. The Labute approximate surface area is 145 Å². The van der Waals surface area contributed by atoms with Gasteiger partial charge in [-0.3, -0.25) is 9.59 Å². The van der Waals surface area contributed by atoms with Crippen LogP contribution in [0.1, 0.15) is 38.8 Å². The van der Waals surface area contributed by atoms with Gasteiger partial charge in [-0.1, -0.05) is 27.7 Å². The van der Waals surface area contributed by atoms with Crippen molar-refractivity contribution in [1.29, 1.82) is 0 Å². The van der Waals surface area contributed by atoms with Crippen LogP contribution in [0.4, 0.5) is 0 Å². The number of methoxy groups -OCH3 is 1. The molecule has 2 aromatic rings. The Kier molecular flexibility index (Phi) is 13.1. The summed E-state index contributed by atoms with van der Waals surface area (Å²) in [4.78, 5) is 21.8. The summed E-state index contributed by atoms with van der Waals surface area (Å²) in [5.74, 6) is 0.646. The Hall–Kier alpha value is -2.30. The van der Waals surface area contributed by atoms with Gasteiger partial charge in [-0.15, -0.1) is 0 Å². The molecule has 5 nitrogen and oxygen atoms in total. The number of aryl methyl sites for hydroxylation is 4. The number of rotatable bonds is 1. The van der Waals surface area contributed by atoms with Crippen LogP contribution in [0.15, 0.2) is 40.2 Å². The highest BCUT2D eigenvalue weighted by Gasteiger charge is 1.99. The maximum absolute atomic E-state index is 11.0. The lowest BCUT2D eigenvalue weighted by atomic mass is 10.3. The maximum Gasteiger partial charge on any atom is 0.253 e. The van der Waals surface area contributed by atoms with Gasteiger partial charge in [0.1, 0.15) is 5.75 Å². The second-order valence-electron chi connectivity index (χ2n) is 4.63. The molecule has 2 aromatic heterocycles. The molecule has 2 heterocycles. The SMILES string of the molecule is CC.CC.COc1cc(=O)n(C)cc1C.Cc1ccn(C)c(=O)c1. The molecule has 0 spiro atoms. The molecule has 0 aromatic carbocycles. The molecule has 0 N–H and O–H groups in total. The fraction of sp³-hybridized carbons (Fsp3) is 0.474. The van der Waals surface area contributed by atoms with Crippen molar-refractivity contribution >= 4 is 0 Å². The largest absolute Gasteiger partial charge is 0.496 e. The van der Waals surface area contributed by atoms with Crippen LogP contribution in [0.3, 0.4) is 0 Å². The van der Waals surface area contributed by atoms with Gasteiger partial charge in [-0.05, 0) is 25.5 Å². The molecule has 0 atom stereocenters. The number of ether oxygens (including phenoxy) is 1. The summed E-state index contributed by atoms with van der Waals surface area (Å²) < 4.78 is 8.04. The van der Waals surface area contributed by atoms with Gasteiger partial charge in [0.15, 0.2) is 0 Å². The summed E-state index contributed by atoms with van der Waals surface area (Å²) in [6.07, 6.45) is 3.51. The highest BCUT2D eigenvalue weighted by molar-refractivity contribution is 5.28. The van der Waals surface area contributed by atoms with Crippen molar-refractivity contribution in [3.8, 4) is 5.75 Å². The molecule has 5 heteroatoms. The molecule has 0 aliphatic rings. The van der Waals surface area contributed by atoms with Crippen LogP contribution < -0.4 is 15.9 Å². The van der Waals surface area contributed by atoms with Crippen LogP contribution in [-0.2, 0) is 14.1 Å². The first-order valence-corrected chi connectivity index (χ1v) is 8.19. The van der Waals surface area contributed by atoms with E-state index in [0.29, 0.717) is 5.75 Å². The molecule has 24 heavy (non-hydrogen) atoms. The van der Waals surface area contributed by atoms with Gasteiger partial charge in [0.25, 0.3) is 11.1 Å². The molecule has 0 aliphatic carbocycles. The Bertz CT molecular complexity index is 700. The molecule has 0 bridgehead atoms. The average Bonchev–Trinajstić information content (AvgIpc) is 2.59. The van der Waals surface area contributed by atoms with E-state index in [-0.39, 0.29) is 11.1 Å². The minimum absolute atomic E-state index is 0.0487. The van der Waals surface area contributed by atoms with E-state index in [9.17, 15) is 9.59 Å².